The van der Waals surface area contributed by atoms with E-state index in [4.69, 9.17) is 5.73 Å². The second kappa shape index (κ2) is 9.01. The minimum Gasteiger partial charge on any atom is -0.368 e. The number of fused-ring (bicyclic) bond motifs is 1. The fraction of sp³-hybridized carbons (Fsp3) is 0.348. The molecule has 0 aliphatic heterocycles. The Kier molecular flexibility index (Phi) is 6.44. The molecule has 0 fully saturated rings. The number of carbonyl (C=O) groups excluding carboxylic acids is 1. The molecule has 0 aliphatic rings. The van der Waals surface area contributed by atoms with E-state index in [2.05, 4.69) is 55.3 Å². The monoisotopic (exact) mass is 393 g/mol. The van der Waals surface area contributed by atoms with Crippen molar-refractivity contribution in [3.05, 3.63) is 75.8 Å². The molecule has 0 unspecified atom stereocenters. The molecule has 1 aromatic heterocycles. The molecule has 2 aromatic carbocycles. The van der Waals surface area contributed by atoms with Crippen LogP contribution in [-0.2, 0) is 24.3 Å². The van der Waals surface area contributed by atoms with Gasteiger partial charge in [-0.25, -0.2) is 4.98 Å². The van der Waals surface area contributed by atoms with E-state index in [1.807, 2.05) is 12.1 Å². The van der Waals surface area contributed by atoms with Gasteiger partial charge in [0, 0.05) is 11.5 Å². The van der Waals surface area contributed by atoms with Crippen molar-refractivity contribution in [3.8, 4) is 0 Å². The number of para-hydroxylation sites is 1. The van der Waals surface area contributed by atoms with Gasteiger partial charge in [0.2, 0.25) is 5.91 Å². The maximum atomic E-state index is 12.9. The molecule has 0 saturated carbocycles. The van der Waals surface area contributed by atoms with Gasteiger partial charge in [0.1, 0.15) is 19.1 Å². The Morgan fingerprint density at radius 3 is 2.45 bits per heavy atom. The van der Waals surface area contributed by atoms with E-state index in [0.717, 1.165) is 6.42 Å². The van der Waals surface area contributed by atoms with Gasteiger partial charge in [-0.05, 0) is 24.1 Å². The molecule has 1 heterocycles. The Balaban J connectivity index is 1.94. The summed E-state index contributed by atoms with van der Waals surface area (Å²) in [4.78, 5) is 29.1. The van der Waals surface area contributed by atoms with Crippen LogP contribution in [0.2, 0.25) is 0 Å². The summed E-state index contributed by atoms with van der Waals surface area (Å²) in [5, 5.41) is 2.67. The molecule has 0 radical (unpaired) electrons. The number of quaternary nitrogens is 1. The van der Waals surface area contributed by atoms with E-state index in [1.165, 1.54) is 15.7 Å². The smallest absolute Gasteiger partial charge is 0.262 e. The molecule has 3 aromatic rings. The van der Waals surface area contributed by atoms with Gasteiger partial charge in [-0.2, -0.15) is 0 Å². The number of hydrogen-bond acceptors (Lipinski definition) is 3. The lowest BCUT2D eigenvalue weighted by Gasteiger charge is -2.21. The van der Waals surface area contributed by atoms with E-state index in [9.17, 15) is 9.59 Å². The van der Waals surface area contributed by atoms with Crippen LogP contribution >= 0.6 is 0 Å². The topological polar surface area (TPSA) is 94.6 Å². The van der Waals surface area contributed by atoms with Crippen LogP contribution in [0.5, 0.6) is 0 Å². The number of rotatable bonds is 8. The van der Waals surface area contributed by atoms with Gasteiger partial charge >= 0.3 is 0 Å². The van der Waals surface area contributed by atoms with Gasteiger partial charge in [0.15, 0.2) is 5.82 Å². The molecule has 0 aliphatic carbocycles. The highest BCUT2D eigenvalue weighted by Crippen LogP contribution is 2.19. The Morgan fingerprint density at radius 2 is 1.83 bits per heavy atom. The Bertz CT molecular complexity index is 1050. The summed E-state index contributed by atoms with van der Waals surface area (Å²) < 4.78 is 1.40. The van der Waals surface area contributed by atoms with Crippen molar-refractivity contribution >= 4 is 16.8 Å². The second-order valence-corrected chi connectivity index (χ2v) is 7.71. The lowest BCUT2D eigenvalue weighted by atomic mass is 9.95. The van der Waals surface area contributed by atoms with Gasteiger partial charge in [0.05, 0.1) is 10.9 Å². The van der Waals surface area contributed by atoms with Crippen LogP contribution in [0.1, 0.15) is 43.8 Å². The predicted molar refractivity (Wildman–Crippen MR) is 114 cm³/mol. The number of primary amides is 1. The fourth-order valence-corrected chi connectivity index (χ4v) is 3.69. The molecule has 6 nitrogen and oxygen atoms in total. The average molecular weight is 394 g/mol. The third-order valence-corrected chi connectivity index (χ3v) is 5.30. The number of nitrogens with zero attached hydrogens (tertiary/aromatic N) is 2. The quantitative estimate of drug-likeness (QED) is 0.612. The summed E-state index contributed by atoms with van der Waals surface area (Å²) in [6.07, 6.45) is 1.01. The first kappa shape index (κ1) is 20.7. The summed E-state index contributed by atoms with van der Waals surface area (Å²) >= 11 is 0. The van der Waals surface area contributed by atoms with Crippen molar-refractivity contribution in [2.24, 2.45) is 11.7 Å². The van der Waals surface area contributed by atoms with E-state index in [0.29, 0.717) is 29.2 Å². The van der Waals surface area contributed by atoms with Crippen LogP contribution in [0, 0.1) is 5.92 Å². The minimum atomic E-state index is -0.555. The van der Waals surface area contributed by atoms with Gasteiger partial charge < -0.3 is 11.1 Å². The first-order chi connectivity index (χ1) is 13.9. The highest BCUT2D eigenvalue weighted by molar-refractivity contribution is 5.78. The predicted octanol–water partition coefficient (Wildman–Crippen LogP) is 1.90. The molecule has 29 heavy (non-hydrogen) atoms. The van der Waals surface area contributed by atoms with Crippen molar-refractivity contribution < 1.29 is 10.1 Å². The first-order valence-electron chi connectivity index (χ1n) is 10.1. The maximum absolute atomic E-state index is 12.9. The number of nitrogens with two attached hydrogens (primary N) is 2. The molecule has 4 N–H and O–H groups in total. The lowest BCUT2D eigenvalue weighted by molar-refractivity contribution is -0.718. The fourth-order valence-electron chi connectivity index (χ4n) is 3.69. The van der Waals surface area contributed by atoms with Crippen molar-refractivity contribution in [2.45, 2.75) is 46.3 Å². The minimum absolute atomic E-state index is 0.169. The van der Waals surface area contributed by atoms with Gasteiger partial charge in [0.25, 0.3) is 5.56 Å². The van der Waals surface area contributed by atoms with Crippen LogP contribution in [0.15, 0.2) is 53.3 Å². The number of carbonyl (C=O) groups is 1. The molecule has 3 rings (SSSR count). The zero-order chi connectivity index (χ0) is 21.0. The first-order valence-corrected chi connectivity index (χ1v) is 10.1. The lowest BCUT2D eigenvalue weighted by Crippen LogP contribution is -2.85. The highest BCUT2D eigenvalue weighted by Gasteiger charge is 2.21. The number of aromatic nitrogens is 2. The molecule has 0 bridgehead atoms. The van der Waals surface area contributed by atoms with E-state index >= 15 is 0 Å². The number of amides is 1. The van der Waals surface area contributed by atoms with Crippen LogP contribution in [0.4, 0.5) is 0 Å². The average Bonchev–Trinajstić information content (AvgIpc) is 2.71. The molecule has 0 saturated heterocycles. The summed E-state index contributed by atoms with van der Waals surface area (Å²) in [7, 11) is 0. The van der Waals surface area contributed by atoms with Crippen molar-refractivity contribution in [1.82, 2.24) is 9.55 Å². The molecule has 1 amide bonds. The van der Waals surface area contributed by atoms with Crippen LogP contribution in [-0.4, -0.2) is 15.5 Å². The number of aryl methyl sites for hydroxylation is 1. The van der Waals surface area contributed by atoms with Crippen LogP contribution in [0.3, 0.4) is 0 Å². The molecule has 0 spiro atoms. The largest absolute Gasteiger partial charge is 0.368 e. The van der Waals surface area contributed by atoms with Gasteiger partial charge in [-0.3, -0.25) is 14.2 Å². The van der Waals surface area contributed by atoms with Crippen molar-refractivity contribution in [1.29, 1.82) is 0 Å². The van der Waals surface area contributed by atoms with E-state index in [-0.39, 0.29) is 18.1 Å². The standard InChI is InChI=1S/C23H28N4O2/c1-4-16-9-11-17(12-10-16)22(15(2)3)25-13-21-26-19-8-6-5-7-18(19)23(29)27(21)14-20(24)28/h5-12,15,22,25H,4,13-14H2,1-3H3,(H2,24,28)/p+1/t22-/m1/s1. The summed E-state index contributed by atoms with van der Waals surface area (Å²) in [6.45, 7) is 6.81. The summed E-state index contributed by atoms with van der Waals surface area (Å²) in [5.41, 5.74) is 8.34. The van der Waals surface area contributed by atoms with Gasteiger partial charge in [-0.1, -0.05) is 57.2 Å². The molecule has 1 atom stereocenters. The molecular formula is C23H29N4O2+. The Hall–Kier alpha value is -2.99. The van der Waals surface area contributed by atoms with Crippen LogP contribution in [0.25, 0.3) is 10.9 Å². The normalized spacial score (nSPS) is 12.4. The second-order valence-electron chi connectivity index (χ2n) is 7.71. The van der Waals surface area contributed by atoms with Crippen LogP contribution < -0.4 is 16.6 Å². The molecule has 152 valence electrons. The third-order valence-electron chi connectivity index (χ3n) is 5.30. The SMILES string of the molecule is CCc1ccc([C@H]([NH2+]Cc2nc3ccccc3c(=O)n2CC(N)=O)C(C)C)cc1. The highest BCUT2D eigenvalue weighted by atomic mass is 16.2. The zero-order valence-electron chi connectivity index (χ0n) is 17.3. The summed E-state index contributed by atoms with van der Waals surface area (Å²) in [5.74, 6) is 0.392. The molecule has 6 heteroatoms. The summed E-state index contributed by atoms with van der Waals surface area (Å²) in [6, 6.07) is 16.1. The van der Waals surface area contributed by atoms with Crippen molar-refractivity contribution in [3.63, 3.8) is 0 Å². The van der Waals surface area contributed by atoms with Gasteiger partial charge in [-0.15, -0.1) is 0 Å². The van der Waals surface area contributed by atoms with Crippen molar-refractivity contribution in [2.75, 3.05) is 0 Å². The Labute approximate surface area is 170 Å². The van der Waals surface area contributed by atoms with E-state index < -0.39 is 5.91 Å². The van der Waals surface area contributed by atoms with E-state index in [1.54, 1.807) is 12.1 Å². The zero-order valence-corrected chi connectivity index (χ0v) is 17.3. The third kappa shape index (κ3) is 4.71. The molecular weight excluding hydrogens is 364 g/mol. The maximum Gasteiger partial charge on any atom is 0.262 e. The Morgan fingerprint density at radius 1 is 1.14 bits per heavy atom. The number of hydrogen-bond donors (Lipinski definition) is 2. The number of benzene rings is 2.